The number of halogens is 2. The van der Waals surface area contributed by atoms with Crippen LogP contribution in [0.4, 0.5) is 5.69 Å². The predicted molar refractivity (Wildman–Crippen MR) is 86.7 cm³/mol. The molecule has 1 aromatic rings. The van der Waals surface area contributed by atoms with E-state index in [1.807, 2.05) is 6.92 Å². The van der Waals surface area contributed by atoms with Gasteiger partial charge in [0, 0.05) is 4.47 Å². The summed E-state index contributed by atoms with van der Waals surface area (Å²) in [5.74, 6) is -1.28. The second-order valence-corrected chi connectivity index (χ2v) is 6.37. The summed E-state index contributed by atoms with van der Waals surface area (Å²) < 4.78 is 0.813. The quantitative estimate of drug-likeness (QED) is 0.798. The maximum atomic E-state index is 12.1. The van der Waals surface area contributed by atoms with Gasteiger partial charge in [0.25, 0.3) is 0 Å². The van der Waals surface area contributed by atoms with E-state index < -0.39 is 11.5 Å². The second-order valence-electron chi connectivity index (χ2n) is 5.05. The molecule has 0 aliphatic carbocycles. The molecule has 0 atom stereocenters. The number of rotatable bonds is 6. The first kappa shape index (κ1) is 17.9. The summed E-state index contributed by atoms with van der Waals surface area (Å²) in [6.45, 7) is 5.37. The van der Waals surface area contributed by atoms with Crippen molar-refractivity contribution in [1.82, 2.24) is 4.90 Å². The van der Waals surface area contributed by atoms with Crippen LogP contribution in [0.1, 0.15) is 20.8 Å². The Labute approximate surface area is 137 Å². The van der Waals surface area contributed by atoms with Gasteiger partial charge in [-0.2, -0.15) is 0 Å². The number of carbonyl (C=O) groups is 2. The lowest BCUT2D eigenvalue weighted by Gasteiger charge is -2.33. The zero-order chi connectivity index (χ0) is 16.2. The average molecular weight is 378 g/mol. The van der Waals surface area contributed by atoms with Gasteiger partial charge < -0.3 is 10.4 Å². The number of hydrogen-bond donors (Lipinski definition) is 2. The van der Waals surface area contributed by atoms with E-state index in [9.17, 15) is 14.7 Å². The second kappa shape index (κ2) is 7.24. The average Bonchev–Trinajstić information content (AvgIpc) is 2.38. The zero-order valence-corrected chi connectivity index (χ0v) is 14.5. The van der Waals surface area contributed by atoms with E-state index in [1.165, 1.54) is 0 Å². The van der Waals surface area contributed by atoms with Crippen molar-refractivity contribution in [3.63, 3.8) is 0 Å². The normalized spacial score (nSPS) is 11.5. The van der Waals surface area contributed by atoms with Crippen molar-refractivity contribution in [3.05, 3.63) is 27.7 Å². The molecule has 2 N–H and O–H groups in total. The molecule has 0 fully saturated rings. The van der Waals surface area contributed by atoms with Crippen LogP contribution in [0.5, 0.6) is 0 Å². The number of benzene rings is 1. The number of carboxylic acid groups (broad SMARTS) is 1. The van der Waals surface area contributed by atoms with Crippen LogP contribution >= 0.6 is 27.5 Å². The lowest BCUT2D eigenvalue weighted by atomic mass is 10.0. The van der Waals surface area contributed by atoms with Crippen molar-refractivity contribution in [2.75, 3.05) is 18.4 Å². The van der Waals surface area contributed by atoms with Crippen molar-refractivity contribution >= 4 is 45.1 Å². The van der Waals surface area contributed by atoms with Gasteiger partial charge in [-0.05, 0) is 38.6 Å². The Morgan fingerprint density at radius 3 is 2.52 bits per heavy atom. The van der Waals surface area contributed by atoms with Gasteiger partial charge in [0.05, 0.1) is 17.3 Å². The number of amides is 1. The highest BCUT2D eigenvalue weighted by Gasteiger charge is 2.34. The van der Waals surface area contributed by atoms with Crippen LogP contribution in [0.15, 0.2) is 22.7 Å². The van der Waals surface area contributed by atoms with Crippen molar-refractivity contribution < 1.29 is 14.7 Å². The van der Waals surface area contributed by atoms with Crippen LogP contribution in [-0.4, -0.2) is 40.5 Å². The molecule has 0 aliphatic rings. The fraction of sp³-hybridized carbons (Fsp3) is 0.429. The summed E-state index contributed by atoms with van der Waals surface area (Å²) in [6.07, 6.45) is 0. The molecule has 0 heterocycles. The van der Waals surface area contributed by atoms with Gasteiger partial charge in [0.1, 0.15) is 5.54 Å². The molecule has 1 amide bonds. The number of anilines is 1. The van der Waals surface area contributed by atoms with Gasteiger partial charge >= 0.3 is 5.97 Å². The Balaban J connectivity index is 2.78. The maximum Gasteiger partial charge on any atom is 0.323 e. The van der Waals surface area contributed by atoms with Crippen molar-refractivity contribution in [2.45, 2.75) is 26.3 Å². The van der Waals surface area contributed by atoms with Crippen LogP contribution in [-0.2, 0) is 9.59 Å². The number of nitrogens with one attached hydrogen (secondary N) is 1. The van der Waals surface area contributed by atoms with E-state index in [1.54, 1.807) is 36.9 Å². The van der Waals surface area contributed by atoms with E-state index in [-0.39, 0.29) is 12.5 Å². The third kappa shape index (κ3) is 4.69. The summed E-state index contributed by atoms with van der Waals surface area (Å²) in [4.78, 5) is 24.9. The summed E-state index contributed by atoms with van der Waals surface area (Å²) in [7, 11) is 0. The first-order valence-electron chi connectivity index (χ1n) is 6.41. The third-order valence-electron chi connectivity index (χ3n) is 3.24. The lowest BCUT2D eigenvalue weighted by Crippen LogP contribution is -2.52. The molecule has 116 valence electrons. The van der Waals surface area contributed by atoms with Gasteiger partial charge in [-0.3, -0.25) is 14.5 Å². The zero-order valence-electron chi connectivity index (χ0n) is 12.1. The molecule has 7 heteroatoms. The standard InChI is InChI=1S/C14H18BrClN2O3/c1-4-18(14(2,3)13(20)21)8-12(19)17-11-6-5-9(15)7-10(11)16/h5-7H,4,8H2,1-3H3,(H,17,19)(H,20,21). The summed E-state index contributed by atoms with van der Waals surface area (Å²) in [6, 6.07) is 5.12. The van der Waals surface area contributed by atoms with Gasteiger partial charge in [-0.1, -0.05) is 34.5 Å². The maximum absolute atomic E-state index is 12.1. The smallest absolute Gasteiger partial charge is 0.323 e. The topological polar surface area (TPSA) is 69.6 Å². The van der Waals surface area contributed by atoms with Gasteiger partial charge in [0.2, 0.25) is 5.91 Å². The molecule has 0 spiro atoms. The molecule has 1 rings (SSSR count). The number of nitrogens with zero attached hydrogens (tertiary/aromatic N) is 1. The highest BCUT2D eigenvalue weighted by molar-refractivity contribution is 9.10. The molecule has 5 nitrogen and oxygen atoms in total. The highest BCUT2D eigenvalue weighted by atomic mass is 79.9. The molecule has 0 bridgehead atoms. The van der Waals surface area contributed by atoms with Crippen LogP contribution in [0.25, 0.3) is 0 Å². The number of aliphatic carboxylic acids is 1. The molecule has 0 radical (unpaired) electrons. The molecule has 0 saturated heterocycles. The van der Waals surface area contributed by atoms with Crippen molar-refractivity contribution in [2.24, 2.45) is 0 Å². The van der Waals surface area contributed by atoms with E-state index >= 15 is 0 Å². The van der Waals surface area contributed by atoms with Crippen LogP contribution in [0, 0.1) is 0 Å². The minimum absolute atomic E-state index is 0.0256. The van der Waals surface area contributed by atoms with E-state index in [2.05, 4.69) is 21.2 Å². The van der Waals surface area contributed by atoms with Crippen molar-refractivity contribution in [1.29, 1.82) is 0 Å². The fourth-order valence-corrected chi connectivity index (χ4v) is 2.51. The summed E-state index contributed by atoms with van der Waals surface area (Å²) in [5, 5.41) is 12.3. The summed E-state index contributed by atoms with van der Waals surface area (Å²) in [5.41, 5.74) is -0.621. The van der Waals surface area contributed by atoms with Gasteiger partial charge in [-0.25, -0.2) is 0 Å². The van der Waals surface area contributed by atoms with E-state index in [0.29, 0.717) is 17.3 Å². The summed E-state index contributed by atoms with van der Waals surface area (Å²) >= 11 is 9.32. The van der Waals surface area contributed by atoms with Crippen LogP contribution < -0.4 is 5.32 Å². The monoisotopic (exact) mass is 376 g/mol. The third-order valence-corrected chi connectivity index (χ3v) is 4.04. The number of carbonyl (C=O) groups excluding carboxylic acids is 1. The first-order valence-corrected chi connectivity index (χ1v) is 7.59. The van der Waals surface area contributed by atoms with Crippen LogP contribution in [0.3, 0.4) is 0 Å². The SMILES string of the molecule is CCN(CC(=O)Nc1ccc(Br)cc1Cl)C(C)(C)C(=O)O. The number of likely N-dealkylation sites (N-methyl/N-ethyl adjacent to an activating group) is 1. The number of hydrogen-bond acceptors (Lipinski definition) is 3. The minimum Gasteiger partial charge on any atom is -0.480 e. The Bertz CT molecular complexity index is 549. The molecule has 0 aromatic heterocycles. The Morgan fingerprint density at radius 1 is 1.43 bits per heavy atom. The molecular formula is C14H18BrClN2O3. The lowest BCUT2D eigenvalue weighted by molar-refractivity contribution is -0.149. The van der Waals surface area contributed by atoms with E-state index in [0.717, 1.165) is 4.47 Å². The number of carboxylic acids is 1. The Hall–Kier alpha value is -1.11. The highest BCUT2D eigenvalue weighted by Crippen LogP contribution is 2.25. The predicted octanol–water partition coefficient (Wildman–Crippen LogP) is 3.23. The molecule has 0 aliphatic heterocycles. The largest absolute Gasteiger partial charge is 0.480 e. The minimum atomic E-state index is -1.12. The Kier molecular flexibility index (Phi) is 6.19. The van der Waals surface area contributed by atoms with Crippen LogP contribution in [0.2, 0.25) is 5.02 Å². The molecule has 0 saturated carbocycles. The Morgan fingerprint density at radius 2 is 2.05 bits per heavy atom. The fourth-order valence-electron chi connectivity index (χ4n) is 1.79. The molecule has 21 heavy (non-hydrogen) atoms. The van der Waals surface area contributed by atoms with Crippen molar-refractivity contribution in [3.8, 4) is 0 Å². The molecule has 1 aromatic carbocycles. The van der Waals surface area contributed by atoms with Gasteiger partial charge in [0.15, 0.2) is 0 Å². The first-order chi connectivity index (χ1) is 9.68. The van der Waals surface area contributed by atoms with E-state index in [4.69, 9.17) is 11.6 Å². The molecule has 0 unspecified atom stereocenters. The molecular weight excluding hydrogens is 360 g/mol. The van der Waals surface area contributed by atoms with Gasteiger partial charge in [-0.15, -0.1) is 0 Å².